The second kappa shape index (κ2) is 6.31. The number of H-pyrrole nitrogens is 1. The van der Waals surface area contributed by atoms with Crippen LogP contribution in [0.1, 0.15) is 0 Å². The summed E-state index contributed by atoms with van der Waals surface area (Å²) in [6.45, 7) is 1.75. The highest BCUT2D eigenvalue weighted by atomic mass is 16.5. The molecule has 0 spiro atoms. The molecule has 2 aromatic rings. The van der Waals surface area contributed by atoms with E-state index in [9.17, 15) is 4.79 Å². The summed E-state index contributed by atoms with van der Waals surface area (Å²) in [7, 11) is 1.89. The number of rotatable bonds is 6. The number of likely N-dealkylation sites (N-methyl/N-ethyl adjacent to an activating group) is 1. The van der Waals surface area contributed by atoms with Crippen molar-refractivity contribution in [3.63, 3.8) is 0 Å². The summed E-state index contributed by atoms with van der Waals surface area (Å²) < 4.78 is 5.42. The second-order valence-electron chi connectivity index (χ2n) is 4.26. The third-order valence-electron chi connectivity index (χ3n) is 2.78. The Morgan fingerprint density at radius 2 is 2.16 bits per heavy atom. The van der Waals surface area contributed by atoms with Crippen LogP contribution in [0.15, 0.2) is 29.1 Å². The molecule has 6 heteroatoms. The quantitative estimate of drug-likeness (QED) is 0.780. The van der Waals surface area contributed by atoms with Crippen LogP contribution in [0.5, 0.6) is 6.01 Å². The number of para-hydroxylation sites is 1. The van der Waals surface area contributed by atoms with Crippen molar-refractivity contribution in [2.45, 2.75) is 0 Å². The number of fused-ring (bicyclic) bond motifs is 1. The van der Waals surface area contributed by atoms with Crippen LogP contribution in [-0.4, -0.2) is 53.3 Å². The third-order valence-corrected chi connectivity index (χ3v) is 2.78. The Morgan fingerprint density at radius 1 is 1.37 bits per heavy atom. The molecule has 2 rings (SSSR count). The summed E-state index contributed by atoms with van der Waals surface area (Å²) in [5.74, 6) is 0. The summed E-state index contributed by atoms with van der Waals surface area (Å²) in [6.07, 6.45) is 0. The molecule has 2 N–H and O–H groups in total. The fraction of sp³-hybridized carbons (Fsp3) is 0.385. The summed E-state index contributed by atoms with van der Waals surface area (Å²) >= 11 is 0. The van der Waals surface area contributed by atoms with Crippen LogP contribution in [0.3, 0.4) is 0 Å². The molecular weight excluding hydrogens is 246 g/mol. The van der Waals surface area contributed by atoms with Crippen molar-refractivity contribution in [3.05, 3.63) is 34.6 Å². The monoisotopic (exact) mass is 263 g/mol. The van der Waals surface area contributed by atoms with E-state index in [4.69, 9.17) is 9.84 Å². The summed E-state index contributed by atoms with van der Waals surface area (Å²) in [5.41, 5.74) is 0.411. The van der Waals surface area contributed by atoms with Gasteiger partial charge in [0.25, 0.3) is 11.6 Å². The Morgan fingerprint density at radius 3 is 2.95 bits per heavy atom. The largest absolute Gasteiger partial charge is 0.463 e. The van der Waals surface area contributed by atoms with Crippen LogP contribution in [0.2, 0.25) is 0 Å². The molecule has 0 aliphatic heterocycles. The van der Waals surface area contributed by atoms with Crippen molar-refractivity contribution < 1.29 is 9.84 Å². The number of nitrogens with zero attached hydrogens (tertiary/aromatic N) is 2. The Hall–Kier alpha value is -1.92. The lowest BCUT2D eigenvalue weighted by Gasteiger charge is -2.14. The molecule has 1 heterocycles. The summed E-state index contributed by atoms with van der Waals surface area (Å²) in [5, 5.41) is 9.31. The standard InChI is InChI=1S/C13H17N3O3/c1-16(6-8-17)7-9-19-13-14-11-5-3-2-4-10(11)12(18)15-13/h2-5,17H,6-9H2,1H3,(H,14,15,18). The number of aromatic nitrogens is 2. The molecule has 0 saturated heterocycles. The van der Waals surface area contributed by atoms with E-state index in [0.29, 0.717) is 30.6 Å². The summed E-state index contributed by atoms with van der Waals surface area (Å²) in [4.78, 5) is 20.5. The van der Waals surface area contributed by atoms with E-state index in [-0.39, 0.29) is 18.2 Å². The Kier molecular flexibility index (Phi) is 4.48. The first kappa shape index (κ1) is 13.5. The molecule has 102 valence electrons. The van der Waals surface area contributed by atoms with Crippen LogP contribution < -0.4 is 10.3 Å². The van der Waals surface area contributed by atoms with E-state index >= 15 is 0 Å². The van der Waals surface area contributed by atoms with E-state index < -0.39 is 0 Å². The van der Waals surface area contributed by atoms with Gasteiger partial charge in [-0.3, -0.25) is 9.78 Å². The predicted molar refractivity (Wildman–Crippen MR) is 72.4 cm³/mol. The number of ether oxygens (including phenoxy) is 1. The van der Waals surface area contributed by atoms with Crippen molar-refractivity contribution in [1.29, 1.82) is 0 Å². The van der Waals surface area contributed by atoms with Crippen LogP contribution in [0, 0.1) is 0 Å². The maximum Gasteiger partial charge on any atom is 0.297 e. The van der Waals surface area contributed by atoms with Crippen molar-refractivity contribution in [3.8, 4) is 6.01 Å². The van der Waals surface area contributed by atoms with E-state index in [2.05, 4.69) is 9.97 Å². The smallest absolute Gasteiger partial charge is 0.297 e. The van der Waals surface area contributed by atoms with Gasteiger partial charge in [0.2, 0.25) is 0 Å². The number of aliphatic hydroxyl groups is 1. The van der Waals surface area contributed by atoms with Gasteiger partial charge in [-0.1, -0.05) is 12.1 Å². The van der Waals surface area contributed by atoms with Gasteiger partial charge < -0.3 is 14.7 Å². The Balaban J connectivity index is 2.03. The normalized spacial score (nSPS) is 11.1. The Bertz CT molecular complexity index is 597. The number of nitrogens with one attached hydrogen (secondary N) is 1. The molecule has 0 unspecified atom stereocenters. The lowest BCUT2D eigenvalue weighted by Crippen LogP contribution is -2.27. The second-order valence-corrected chi connectivity index (χ2v) is 4.26. The van der Waals surface area contributed by atoms with Crippen molar-refractivity contribution >= 4 is 10.9 Å². The molecule has 0 radical (unpaired) electrons. The average Bonchev–Trinajstić information content (AvgIpc) is 2.39. The summed E-state index contributed by atoms with van der Waals surface area (Å²) in [6, 6.07) is 7.34. The lowest BCUT2D eigenvalue weighted by atomic mass is 10.2. The molecule has 0 bridgehead atoms. The minimum absolute atomic E-state index is 0.113. The molecule has 0 aliphatic rings. The van der Waals surface area contributed by atoms with Gasteiger partial charge in [0.15, 0.2) is 0 Å². The number of aliphatic hydroxyl groups excluding tert-OH is 1. The van der Waals surface area contributed by atoms with Crippen LogP contribution in [0.4, 0.5) is 0 Å². The maximum absolute atomic E-state index is 11.8. The zero-order chi connectivity index (χ0) is 13.7. The number of hydrogen-bond donors (Lipinski definition) is 2. The third kappa shape index (κ3) is 3.52. The van der Waals surface area contributed by atoms with Gasteiger partial charge in [-0.2, -0.15) is 4.98 Å². The first-order valence-electron chi connectivity index (χ1n) is 6.12. The molecule has 6 nitrogen and oxygen atoms in total. The molecule has 0 aliphatic carbocycles. The molecular formula is C13H17N3O3. The fourth-order valence-corrected chi connectivity index (χ4v) is 1.71. The van der Waals surface area contributed by atoms with Crippen LogP contribution >= 0.6 is 0 Å². The SMILES string of the molecule is CN(CCO)CCOc1nc2ccccc2c(=O)[nH]1. The maximum atomic E-state index is 11.8. The molecule has 1 aromatic heterocycles. The van der Waals surface area contributed by atoms with E-state index in [0.717, 1.165) is 0 Å². The lowest BCUT2D eigenvalue weighted by molar-refractivity contribution is 0.187. The van der Waals surface area contributed by atoms with E-state index in [1.54, 1.807) is 18.2 Å². The van der Waals surface area contributed by atoms with Gasteiger partial charge in [0.05, 0.1) is 17.5 Å². The molecule has 0 amide bonds. The topological polar surface area (TPSA) is 78.5 Å². The van der Waals surface area contributed by atoms with Gasteiger partial charge >= 0.3 is 0 Å². The minimum atomic E-state index is -0.204. The fourth-order valence-electron chi connectivity index (χ4n) is 1.71. The van der Waals surface area contributed by atoms with Crippen molar-refractivity contribution in [2.24, 2.45) is 0 Å². The average molecular weight is 263 g/mol. The Labute approximate surface area is 110 Å². The van der Waals surface area contributed by atoms with Crippen molar-refractivity contribution in [1.82, 2.24) is 14.9 Å². The van der Waals surface area contributed by atoms with Gasteiger partial charge in [0, 0.05) is 13.1 Å². The highest BCUT2D eigenvalue weighted by molar-refractivity contribution is 5.77. The number of aromatic amines is 1. The van der Waals surface area contributed by atoms with Gasteiger partial charge in [0.1, 0.15) is 6.61 Å². The number of hydrogen-bond acceptors (Lipinski definition) is 5. The molecule has 0 saturated carbocycles. The van der Waals surface area contributed by atoms with E-state index in [1.807, 2.05) is 18.0 Å². The molecule has 0 fully saturated rings. The van der Waals surface area contributed by atoms with Gasteiger partial charge in [-0.15, -0.1) is 0 Å². The molecule has 19 heavy (non-hydrogen) atoms. The van der Waals surface area contributed by atoms with Crippen molar-refractivity contribution in [2.75, 3.05) is 33.4 Å². The first-order chi connectivity index (χ1) is 9.20. The molecule has 1 aromatic carbocycles. The highest BCUT2D eigenvalue weighted by Crippen LogP contribution is 2.08. The highest BCUT2D eigenvalue weighted by Gasteiger charge is 2.04. The number of benzene rings is 1. The van der Waals surface area contributed by atoms with Gasteiger partial charge in [-0.05, 0) is 19.2 Å². The van der Waals surface area contributed by atoms with Gasteiger partial charge in [-0.25, -0.2) is 0 Å². The predicted octanol–water partition coefficient (Wildman–Crippen LogP) is 0.226. The first-order valence-corrected chi connectivity index (χ1v) is 6.12. The van der Waals surface area contributed by atoms with E-state index in [1.165, 1.54) is 0 Å². The zero-order valence-electron chi connectivity index (χ0n) is 10.8. The van der Waals surface area contributed by atoms with Crippen LogP contribution in [0.25, 0.3) is 10.9 Å². The van der Waals surface area contributed by atoms with Crippen LogP contribution in [-0.2, 0) is 0 Å². The zero-order valence-corrected chi connectivity index (χ0v) is 10.8. The minimum Gasteiger partial charge on any atom is -0.463 e. The molecule has 0 atom stereocenters.